The third-order valence-electron chi connectivity index (χ3n) is 4.55. The van der Waals surface area contributed by atoms with Crippen molar-refractivity contribution in [1.29, 1.82) is 0 Å². The van der Waals surface area contributed by atoms with Crippen LogP contribution in [0, 0.1) is 0 Å². The summed E-state index contributed by atoms with van der Waals surface area (Å²) in [5.74, 6) is 0. The maximum atomic E-state index is 6.47. The molecule has 3 rings (SSSR count). The van der Waals surface area contributed by atoms with Crippen molar-refractivity contribution in [3.8, 4) is 0 Å². The van der Waals surface area contributed by atoms with Gasteiger partial charge in [0.15, 0.2) is 0 Å². The molecule has 2 aliphatic rings. The van der Waals surface area contributed by atoms with Crippen LogP contribution in [0.2, 0.25) is 5.02 Å². The van der Waals surface area contributed by atoms with Gasteiger partial charge in [0.05, 0.1) is 10.7 Å². The summed E-state index contributed by atoms with van der Waals surface area (Å²) >= 11 is 6.47. The van der Waals surface area contributed by atoms with Crippen LogP contribution in [0.25, 0.3) is 0 Å². The van der Waals surface area contributed by atoms with Gasteiger partial charge in [0.25, 0.3) is 0 Å². The summed E-state index contributed by atoms with van der Waals surface area (Å²) in [7, 11) is 1.96. The molecule has 3 nitrogen and oxygen atoms in total. The molecule has 1 aromatic carbocycles. The van der Waals surface area contributed by atoms with Gasteiger partial charge >= 0.3 is 0 Å². The van der Waals surface area contributed by atoms with E-state index in [1.54, 1.807) is 0 Å². The molecule has 0 bridgehead atoms. The van der Waals surface area contributed by atoms with E-state index in [9.17, 15) is 0 Å². The molecule has 0 amide bonds. The zero-order valence-corrected chi connectivity index (χ0v) is 13.0. The van der Waals surface area contributed by atoms with E-state index in [1.807, 2.05) is 7.05 Å². The van der Waals surface area contributed by atoms with Gasteiger partial charge in [-0.3, -0.25) is 4.90 Å². The molecule has 2 heterocycles. The third-order valence-corrected chi connectivity index (χ3v) is 4.86. The number of hydrogen-bond acceptors (Lipinski definition) is 3. The second-order valence-corrected chi connectivity index (χ2v) is 6.35. The highest BCUT2D eigenvalue weighted by atomic mass is 35.5. The predicted molar refractivity (Wildman–Crippen MR) is 85.6 cm³/mol. The number of likely N-dealkylation sites (tertiary alicyclic amines) is 1. The molecule has 0 radical (unpaired) electrons. The molecule has 2 saturated heterocycles. The average Bonchev–Trinajstić information content (AvgIpc) is 3.10. The molecule has 2 aliphatic heterocycles. The Bertz CT molecular complexity index is 457. The van der Waals surface area contributed by atoms with Crippen LogP contribution in [-0.2, 0) is 6.54 Å². The van der Waals surface area contributed by atoms with Crippen LogP contribution >= 0.6 is 11.6 Å². The molecule has 110 valence electrons. The van der Waals surface area contributed by atoms with Crippen molar-refractivity contribution in [3.05, 3.63) is 28.8 Å². The number of hydrogen-bond donors (Lipinski definition) is 1. The molecule has 0 saturated carbocycles. The van der Waals surface area contributed by atoms with Gasteiger partial charge in [-0.2, -0.15) is 0 Å². The summed E-state index contributed by atoms with van der Waals surface area (Å²) in [4.78, 5) is 5.11. The number of nitrogens with zero attached hydrogens (tertiary/aromatic N) is 2. The van der Waals surface area contributed by atoms with Gasteiger partial charge < -0.3 is 10.2 Å². The summed E-state index contributed by atoms with van der Waals surface area (Å²) in [6.07, 6.45) is 4.01. The van der Waals surface area contributed by atoms with Gasteiger partial charge in [0.2, 0.25) is 0 Å². The minimum Gasteiger partial charge on any atom is -0.369 e. The number of rotatable bonds is 4. The lowest BCUT2D eigenvalue weighted by molar-refractivity contribution is 0.260. The van der Waals surface area contributed by atoms with Crippen molar-refractivity contribution in [2.75, 3.05) is 38.1 Å². The fourth-order valence-electron chi connectivity index (χ4n) is 3.49. The molecule has 1 aromatic rings. The summed E-state index contributed by atoms with van der Waals surface area (Å²) in [6.45, 7) is 5.70. The lowest BCUT2D eigenvalue weighted by Gasteiger charge is -2.25. The minimum absolute atomic E-state index is 0.727. The van der Waals surface area contributed by atoms with Crippen molar-refractivity contribution in [1.82, 2.24) is 10.2 Å². The molecule has 20 heavy (non-hydrogen) atoms. The number of benzene rings is 1. The SMILES string of the molecule is CNCc1ccc(N2CCC(N3CCCC3)C2)c(Cl)c1. The Morgan fingerprint density at radius 2 is 2.05 bits per heavy atom. The van der Waals surface area contributed by atoms with Crippen molar-refractivity contribution in [2.45, 2.75) is 31.8 Å². The van der Waals surface area contributed by atoms with E-state index in [0.29, 0.717) is 0 Å². The lowest BCUT2D eigenvalue weighted by Crippen LogP contribution is -2.35. The topological polar surface area (TPSA) is 18.5 Å². The lowest BCUT2D eigenvalue weighted by atomic mass is 10.2. The third kappa shape index (κ3) is 2.95. The zero-order valence-electron chi connectivity index (χ0n) is 12.2. The van der Waals surface area contributed by atoms with Crippen LogP contribution in [0.15, 0.2) is 18.2 Å². The average molecular weight is 294 g/mol. The van der Waals surface area contributed by atoms with Crippen LogP contribution in [0.3, 0.4) is 0 Å². The van der Waals surface area contributed by atoms with Gasteiger partial charge in [0.1, 0.15) is 0 Å². The molecule has 1 atom stereocenters. The standard InChI is InChI=1S/C16H24ClN3/c1-18-11-13-4-5-16(15(17)10-13)20-9-6-14(12-20)19-7-2-3-8-19/h4-5,10,14,18H,2-3,6-9,11-12H2,1H3. The molecule has 0 spiro atoms. The zero-order chi connectivity index (χ0) is 13.9. The van der Waals surface area contributed by atoms with Gasteiger partial charge in [-0.15, -0.1) is 0 Å². The molecule has 4 heteroatoms. The normalized spacial score (nSPS) is 23.7. The van der Waals surface area contributed by atoms with Gasteiger partial charge in [-0.1, -0.05) is 17.7 Å². The Labute approximate surface area is 126 Å². The van der Waals surface area contributed by atoms with Crippen molar-refractivity contribution in [3.63, 3.8) is 0 Å². The Balaban J connectivity index is 1.67. The van der Waals surface area contributed by atoms with E-state index in [4.69, 9.17) is 11.6 Å². The molecule has 0 aromatic heterocycles. The maximum Gasteiger partial charge on any atom is 0.0642 e. The van der Waals surface area contributed by atoms with Crippen LogP contribution in [0.1, 0.15) is 24.8 Å². The van der Waals surface area contributed by atoms with E-state index in [2.05, 4.69) is 33.3 Å². The quantitative estimate of drug-likeness (QED) is 0.921. The van der Waals surface area contributed by atoms with Crippen LogP contribution < -0.4 is 10.2 Å². The van der Waals surface area contributed by atoms with Crippen molar-refractivity contribution >= 4 is 17.3 Å². The predicted octanol–water partition coefficient (Wildman–Crippen LogP) is 2.73. The van der Waals surface area contributed by atoms with Crippen LogP contribution in [0.5, 0.6) is 0 Å². The molecular formula is C16H24ClN3. The number of anilines is 1. The Hall–Kier alpha value is -0.770. The van der Waals surface area contributed by atoms with Gasteiger partial charge in [0, 0.05) is 25.7 Å². The fourth-order valence-corrected chi connectivity index (χ4v) is 3.81. The first-order valence-electron chi connectivity index (χ1n) is 7.70. The molecule has 1 N–H and O–H groups in total. The maximum absolute atomic E-state index is 6.47. The van der Waals surface area contributed by atoms with E-state index in [1.165, 1.54) is 43.6 Å². The molecular weight excluding hydrogens is 270 g/mol. The monoisotopic (exact) mass is 293 g/mol. The molecule has 2 fully saturated rings. The minimum atomic E-state index is 0.727. The Kier molecular flexibility index (Phi) is 4.49. The summed E-state index contributed by atoms with van der Waals surface area (Å²) < 4.78 is 0. The van der Waals surface area contributed by atoms with E-state index >= 15 is 0 Å². The van der Waals surface area contributed by atoms with Crippen LogP contribution in [-0.4, -0.2) is 44.2 Å². The van der Waals surface area contributed by atoms with Gasteiger partial charge in [-0.25, -0.2) is 0 Å². The summed E-state index contributed by atoms with van der Waals surface area (Å²) in [6, 6.07) is 7.18. The van der Waals surface area contributed by atoms with E-state index < -0.39 is 0 Å². The summed E-state index contributed by atoms with van der Waals surface area (Å²) in [5, 5.41) is 4.05. The smallest absolute Gasteiger partial charge is 0.0642 e. The van der Waals surface area contributed by atoms with Gasteiger partial charge in [-0.05, 0) is 57.1 Å². The van der Waals surface area contributed by atoms with Crippen molar-refractivity contribution < 1.29 is 0 Å². The summed E-state index contributed by atoms with van der Waals surface area (Å²) in [5.41, 5.74) is 2.45. The second kappa shape index (κ2) is 6.33. The van der Waals surface area contributed by atoms with E-state index in [-0.39, 0.29) is 0 Å². The first-order chi connectivity index (χ1) is 9.78. The van der Waals surface area contributed by atoms with E-state index in [0.717, 1.165) is 30.7 Å². The first-order valence-corrected chi connectivity index (χ1v) is 8.08. The van der Waals surface area contributed by atoms with Crippen LogP contribution in [0.4, 0.5) is 5.69 Å². The Morgan fingerprint density at radius 3 is 2.75 bits per heavy atom. The highest BCUT2D eigenvalue weighted by Crippen LogP contribution is 2.31. The van der Waals surface area contributed by atoms with Crippen molar-refractivity contribution in [2.24, 2.45) is 0 Å². The number of nitrogens with one attached hydrogen (secondary N) is 1. The molecule has 0 aliphatic carbocycles. The fraction of sp³-hybridized carbons (Fsp3) is 0.625. The first kappa shape index (κ1) is 14.2. The second-order valence-electron chi connectivity index (χ2n) is 5.95. The highest BCUT2D eigenvalue weighted by Gasteiger charge is 2.29. The highest BCUT2D eigenvalue weighted by molar-refractivity contribution is 6.33. The largest absolute Gasteiger partial charge is 0.369 e. The Morgan fingerprint density at radius 1 is 1.25 bits per heavy atom. The number of halogens is 1. The molecule has 1 unspecified atom stereocenters.